The normalized spacial score (nSPS) is 16.6. The molecule has 1 aliphatic heterocycles. The fourth-order valence-corrected chi connectivity index (χ4v) is 2.77. The van der Waals surface area contributed by atoms with Crippen molar-refractivity contribution in [1.29, 1.82) is 0 Å². The summed E-state index contributed by atoms with van der Waals surface area (Å²) in [5.74, 6) is -0.289. The van der Waals surface area contributed by atoms with Crippen LogP contribution in [0.5, 0.6) is 6.01 Å². The molecule has 0 aliphatic carbocycles. The maximum atomic E-state index is 12.5. The van der Waals surface area contributed by atoms with Gasteiger partial charge in [-0.25, -0.2) is 14.8 Å². The Bertz CT molecular complexity index is 583. The van der Waals surface area contributed by atoms with Gasteiger partial charge in [-0.15, -0.1) is 0 Å². The van der Waals surface area contributed by atoms with Crippen molar-refractivity contribution >= 4 is 12.0 Å². The highest BCUT2D eigenvalue weighted by molar-refractivity contribution is 5.85. The van der Waals surface area contributed by atoms with E-state index in [1.807, 2.05) is 20.8 Å². The van der Waals surface area contributed by atoms with Gasteiger partial charge in [0.2, 0.25) is 5.91 Å². The zero-order chi connectivity index (χ0) is 18.4. The van der Waals surface area contributed by atoms with Crippen LogP contribution in [0.4, 0.5) is 4.79 Å². The predicted octanol–water partition coefficient (Wildman–Crippen LogP) is 1.70. The molecular formula is C17H26N4O4. The molecule has 0 bridgehead atoms. The van der Waals surface area contributed by atoms with Crippen molar-refractivity contribution in [1.82, 2.24) is 20.2 Å². The number of piperidine rings is 1. The molecule has 1 aromatic rings. The summed E-state index contributed by atoms with van der Waals surface area (Å²) >= 11 is 0. The lowest BCUT2D eigenvalue weighted by atomic mass is 10.0. The molecule has 1 atom stereocenters. The first-order valence-electron chi connectivity index (χ1n) is 8.66. The number of rotatable bonds is 6. The third-order valence-corrected chi connectivity index (χ3v) is 4.33. The predicted molar refractivity (Wildman–Crippen MR) is 91.4 cm³/mol. The number of amides is 2. The summed E-state index contributed by atoms with van der Waals surface area (Å²) in [6.45, 7) is 6.75. The van der Waals surface area contributed by atoms with Crippen LogP contribution in [0, 0.1) is 5.92 Å². The molecule has 1 aliphatic rings. The molecule has 1 saturated heterocycles. The van der Waals surface area contributed by atoms with Crippen LogP contribution < -0.4 is 10.1 Å². The minimum Gasteiger partial charge on any atom is -0.465 e. The van der Waals surface area contributed by atoms with Crippen molar-refractivity contribution in [2.24, 2.45) is 5.92 Å². The molecule has 0 saturated carbocycles. The van der Waals surface area contributed by atoms with E-state index in [1.165, 1.54) is 0 Å². The van der Waals surface area contributed by atoms with Gasteiger partial charge in [0, 0.05) is 38.3 Å². The summed E-state index contributed by atoms with van der Waals surface area (Å²) in [4.78, 5) is 33.5. The van der Waals surface area contributed by atoms with E-state index in [-0.39, 0.29) is 17.9 Å². The van der Waals surface area contributed by atoms with E-state index in [0.29, 0.717) is 31.9 Å². The number of nitrogens with zero attached hydrogens (tertiary/aromatic N) is 3. The minimum atomic E-state index is -1.18. The van der Waals surface area contributed by atoms with Gasteiger partial charge >= 0.3 is 12.1 Å². The number of carbonyl (C=O) groups excluding carboxylic acids is 1. The van der Waals surface area contributed by atoms with E-state index in [1.54, 1.807) is 17.3 Å². The van der Waals surface area contributed by atoms with Crippen molar-refractivity contribution in [3.63, 3.8) is 0 Å². The standard InChI is InChI=1S/C17H26N4O4/c1-4-12-9-18-16(19-10-12)25-13-5-7-21(8-6-13)15(22)14(11(2)3)20-17(23)24/h9-11,13-14,20H,4-8H2,1-3H3,(H,23,24)/t14-/m0/s1. The molecular weight excluding hydrogens is 324 g/mol. The average Bonchev–Trinajstić information content (AvgIpc) is 2.60. The number of aromatic nitrogens is 2. The quantitative estimate of drug-likeness (QED) is 0.809. The summed E-state index contributed by atoms with van der Waals surface area (Å²) in [5.41, 5.74) is 1.05. The molecule has 1 fully saturated rings. The fourth-order valence-electron chi connectivity index (χ4n) is 2.77. The molecule has 2 N–H and O–H groups in total. The summed E-state index contributed by atoms with van der Waals surface area (Å²) in [5, 5.41) is 11.2. The molecule has 0 unspecified atom stereocenters. The molecule has 138 valence electrons. The summed E-state index contributed by atoms with van der Waals surface area (Å²) in [7, 11) is 0. The van der Waals surface area contributed by atoms with E-state index >= 15 is 0 Å². The van der Waals surface area contributed by atoms with E-state index < -0.39 is 12.1 Å². The second-order valence-corrected chi connectivity index (χ2v) is 6.54. The van der Waals surface area contributed by atoms with Gasteiger partial charge < -0.3 is 20.1 Å². The number of hydrogen-bond acceptors (Lipinski definition) is 5. The Balaban J connectivity index is 1.87. The average molecular weight is 350 g/mol. The molecule has 8 heteroatoms. The van der Waals surface area contributed by atoms with E-state index in [2.05, 4.69) is 15.3 Å². The van der Waals surface area contributed by atoms with Crippen LogP contribution in [0.15, 0.2) is 12.4 Å². The third kappa shape index (κ3) is 5.30. The van der Waals surface area contributed by atoms with Gasteiger partial charge in [0.15, 0.2) is 0 Å². The lowest BCUT2D eigenvalue weighted by molar-refractivity contribution is -0.136. The van der Waals surface area contributed by atoms with Gasteiger partial charge in [0.25, 0.3) is 0 Å². The zero-order valence-electron chi connectivity index (χ0n) is 14.9. The van der Waals surface area contributed by atoms with Gasteiger partial charge in [-0.3, -0.25) is 4.79 Å². The van der Waals surface area contributed by atoms with Crippen LogP contribution in [0.25, 0.3) is 0 Å². The first-order chi connectivity index (χ1) is 11.9. The highest BCUT2D eigenvalue weighted by Crippen LogP contribution is 2.18. The van der Waals surface area contributed by atoms with Crippen molar-refractivity contribution < 1.29 is 19.4 Å². The number of nitrogens with one attached hydrogen (secondary N) is 1. The van der Waals surface area contributed by atoms with Gasteiger partial charge in [0.05, 0.1) is 0 Å². The third-order valence-electron chi connectivity index (χ3n) is 4.33. The topological polar surface area (TPSA) is 105 Å². The second-order valence-electron chi connectivity index (χ2n) is 6.54. The minimum absolute atomic E-state index is 0.0403. The molecule has 2 amide bonds. The second kappa shape index (κ2) is 8.64. The number of hydrogen-bond donors (Lipinski definition) is 2. The maximum absolute atomic E-state index is 12.5. The molecule has 25 heavy (non-hydrogen) atoms. The van der Waals surface area contributed by atoms with Crippen LogP contribution in [-0.4, -0.2) is 57.2 Å². The SMILES string of the molecule is CCc1cnc(OC2CCN(C(=O)[C@@H](NC(=O)O)C(C)C)CC2)nc1. The molecule has 0 spiro atoms. The molecule has 2 heterocycles. The Morgan fingerprint density at radius 1 is 1.32 bits per heavy atom. The highest BCUT2D eigenvalue weighted by atomic mass is 16.5. The zero-order valence-corrected chi connectivity index (χ0v) is 14.9. The summed E-state index contributed by atoms with van der Waals surface area (Å²) in [6.07, 6.45) is 4.50. The number of likely N-dealkylation sites (tertiary alicyclic amines) is 1. The van der Waals surface area contributed by atoms with Crippen LogP contribution in [0.3, 0.4) is 0 Å². The highest BCUT2D eigenvalue weighted by Gasteiger charge is 2.31. The van der Waals surface area contributed by atoms with Crippen molar-refractivity contribution in [3.8, 4) is 6.01 Å². The molecule has 8 nitrogen and oxygen atoms in total. The largest absolute Gasteiger partial charge is 0.465 e. The molecule has 1 aromatic heterocycles. The fraction of sp³-hybridized carbons (Fsp3) is 0.647. The number of carboxylic acid groups (broad SMARTS) is 1. The van der Waals surface area contributed by atoms with E-state index in [4.69, 9.17) is 9.84 Å². The summed E-state index contributed by atoms with van der Waals surface area (Å²) in [6, 6.07) is -0.366. The Morgan fingerprint density at radius 2 is 1.92 bits per heavy atom. The van der Waals surface area contributed by atoms with Gasteiger partial charge in [-0.2, -0.15) is 0 Å². The number of ether oxygens (including phenoxy) is 1. The van der Waals surface area contributed by atoms with Crippen LogP contribution in [0.1, 0.15) is 39.2 Å². The van der Waals surface area contributed by atoms with Gasteiger partial charge in [-0.1, -0.05) is 20.8 Å². The van der Waals surface area contributed by atoms with Crippen LogP contribution in [0.2, 0.25) is 0 Å². The van der Waals surface area contributed by atoms with Crippen LogP contribution in [-0.2, 0) is 11.2 Å². The Kier molecular flexibility index (Phi) is 6.55. The Morgan fingerprint density at radius 3 is 2.40 bits per heavy atom. The monoisotopic (exact) mass is 350 g/mol. The molecule has 0 radical (unpaired) electrons. The number of aryl methyl sites for hydroxylation is 1. The lowest BCUT2D eigenvalue weighted by Gasteiger charge is -2.34. The van der Waals surface area contributed by atoms with E-state index in [0.717, 1.165) is 12.0 Å². The Hall–Kier alpha value is -2.38. The van der Waals surface area contributed by atoms with Crippen molar-refractivity contribution in [2.75, 3.05) is 13.1 Å². The lowest BCUT2D eigenvalue weighted by Crippen LogP contribution is -2.53. The van der Waals surface area contributed by atoms with Gasteiger partial charge in [0.1, 0.15) is 12.1 Å². The Labute approximate surface area is 147 Å². The molecule has 0 aromatic carbocycles. The van der Waals surface area contributed by atoms with E-state index in [9.17, 15) is 9.59 Å². The smallest absolute Gasteiger partial charge is 0.405 e. The first kappa shape index (κ1) is 19.0. The summed E-state index contributed by atoms with van der Waals surface area (Å²) < 4.78 is 5.79. The van der Waals surface area contributed by atoms with Crippen LogP contribution >= 0.6 is 0 Å². The van der Waals surface area contributed by atoms with Crippen molar-refractivity contribution in [2.45, 2.75) is 52.2 Å². The van der Waals surface area contributed by atoms with Crippen molar-refractivity contribution in [3.05, 3.63) is 18.0 Å². The van der Waals surface area contributed by atoms with Gasteiger partial charge in [-0.05, 0) is 17.9 Å². The first-order valence-corrected chi connectivity index (χ1v) is 8.66. The molecule has 2 rings (SSSR count). The maximum Gasteiger partial charge on any atom is 0.405 e. The number of carbonyl (C=O) groups is 2.